The molecule has 1 aliphatic carbocycles. The van der Waals surface area contributed by atoms with E-state index in [1.165, 1.54) is 13.2 Å². The maximum atomic E-state index is 13.8. The highest BCUT2D eigenvalue weighted by Crippen LogP contribution is 2.42. The minimum Gasteiger partial charge on any atom is -0.494 e. The molecule has 0 radical (unpaired) electrons. The Balaban J connectivity index is 2.32. The monoisotopic (exact) mass is 251 g/mol. The number of hydrogen-bond acceptors (Lipinski definition) is 2. The fourth-order valence-electron chi connectivity index (χ4n) is 3.05. The number of ether oxygens (including phenoxy) is 1. The Kier molecular flexibility index (Phi) is 3.62. The van der Waals surface area contributed by atoms with Crippen molar-refractivity contribution in [2.75, 3.05) is 7.11 Å². The molecule has 18 heavy (non-hydrogen) atoms. The molecule has 0 amide bonds. The summed E-state index contributed by atoms with van der Waals surface area (Å²) in [5.41, 5.74) is 7.02. The summed E-state index contributed by atoms with van der Waals surface area (Å²) < 4.78 is 18.7. The van der Waals surface area contributed by atoms with Crippen molar-refractivity contribution >= 4 is 0 Å². The first-order valence-corrected chi connectivity index (χ1v) is 6.60. The van der Waals surface area contributed by atoms with Crippen LogP contribution in [-0.4, -0.2) is 7.11 Å². The van der Waals surface area contributed by atoms with Crippen molar-refractivity contribution in [1.82, 2.24) is 0 Å². The highest BCUT2D eigenvalue weighted by atomic mass is 19.1. The summed E-state index contributed by atoms with van der Waals surface area (Å²) in [5, 5.41) is 0. The van der Waals surface area contributed by atoms with Gasteiger partial charge in [0.15, 0.2) is 11.6 Å². The fraction of sp³-hybridized carbons (Fsp3) is 0.600. The van der Waals surface area contributed by atoms with Crippen molar-refractivity contribution in [2.24, 2.45) is 17.6 Å². The van der Waals surface area contributed by atoms with Gasteiger partial charge in [-0.15, -0.1) is 0 Å². The average Bonchev–Trinajstić information content (AvgIpc) is 2.34. The highest BCUT2D eigenvalue weighted by molar-refractivity contribution is 5.34. The van der Waals surface area contributed by atoms with Gasteiger partial charge in [0.1, 0.15) is 0 Å². The molecule has 100 valence electrons. The normalized spacial score (nSPS) is 32.3. The Hall–Kier alpha value is -1.09. The van der Waals surface area contributed by atoms with Crippen molar-refractivity contribution in [1.29, 1.82) is 0 Å². The summed E-state index contributed by atoms with van der Waals surface area (Å²) in [5.74, 6) is 1.03. The van der Waals surface area contributed by atoms with Gasteiger partial charge in [-0.1, -0.05) is 19.9 Å². The van der Waals surface area contributed by atoms with Crippen LogP contribution in [0.2, 0.25) is 0 Å². The summed E-state index contributed by atoms with van der Waals surface area (Å²) in [6.07, 6.45) is 3.12. The van der Waals surface area contributed by atoms with Crippen LogP contribution in [0, 0.1) is 17.7 Å². The molecular formula is C15H22FNO. The fourth-order valence-corrected chi connectivity index (χ4v) is 3.05. The lowest BCUT2D eigenvalue weighted by Crippen LogP contribution is -2.46. The maximum Gasteiger partial charge on any atom is 0.165 e. The molecular weight excluding hydrogens is 229 g/mol. The lowest BCUT2D eigenvalue weighted by Gasteiger charge is -2.42. The van der Waals surface area contributed by atoms with Crippen molar-refractivity contribution in [3.05, 3.63) is 29.6 Å². The number of benzene rings is 1. The molecule has 0 heterocycles. The standard InChI is InChI=1S/C15H22FNO/c1-10-6-7-15(17,11(2)8-10)12-4-5-14(18-3)13(16)9-12/h4-5,9-11H,6-8,17H2,1-3H3. The van der Waals surface area contributed by atoms with Crippen LogP contribution in [0.4, 0.5) is 4.39 Å². The molecule has 1 saturated carbocycles. The molecule has 2 rings (SSSR count). The molecule has 2 nitrogen and oxygen atoms in total. The number of hydrogen-bond donors (Lipinski definition) is 1. The van der Waals surface area contributed by atoms with E-state index in [-0.39, 0.29) is 11.6 Å². The minimum absolute atomic E-state index is 0.277. The lowest BCUT2D eigenvalue weighted by molar-refractivity contribution is 0.164. The number of halogens is 1. The van der Waals surface area contributed by atoms with Gasteiger partial charge in [0.25, 0.3) is 0 Å². The molecule has 3 atom stereocenters. The van der Waals surface area contributed by atoms with E-state index in [9.17, 15) is 4.39 Å². The molecule has 1 aromatic carbocycles. The minimum atomic E-state index is -0.403. The molecule has 1 aliphatic rings. The van der Waals surface area contributed by atoms with Gasteiger partial charge < -0.3 is 10.5 Å². The zero-order valence-electron chi connectivity index (χ0n) is 11.4. The first kappa shape index (κ1) is 13.3. The van der Waals surface area contributed by atoms with Crippen molar-refractivity contribution < 1.29 is 9.13 Å². The van der Waals surface area contributed by atoms with Crippen LogP contribution in [0.1, 0.15) is 38.7 Å². The number of methoxy groups -OCH3 is 1. The zero-order chi connectivity index (χ0) is 13.3. The topological polar surface area (TPSA) is 35.2 Å². The molecule has 0 saturated heterocycles. The predicted molar refractivity (Wildman–Crippen MR) is 71.0 cm³/mol. The molecule has 1 fully saturated rings. The molecule has 3 heteroatoms. The van der Waals surface area contributed by atoms with Crippen molar-refractivity contribution in [3.63, 3.8) is 0 Å². The third-order valence-electron chi connectivity index (χ3n) is 4.38. The van der Waals surface area contributed by atoms with Crippen LogP contribution in [0.25, 0.3) is 0 Å². The van der Waals surface area contributed by atoms with Crippen LogP contribution in [0.3, 0.4) is 0 Å². The van der Waals surface area contributed by atoms with Crippen LogP contribution in [0.15, 0.2) is 18.2 Å². The van der Waals surface area contributed by atoms with E-state index < -0.39 is 5.54 Å². The summed E-state index contributed by atoms with van der Waals surface area (Å²) in [6.45, 7) is 4.42. The second-order valence-corrected chi connectivity index (χ2v) is 5.67. The third-order valence-corrected chi connectivity index (χ3v) is 4.38. The van der Waals surface area contributed by atoms with E-state index >= 15 is 0 Å². The van der Waals surface area contributed by atoms with Gasteiger partial charge in [-0.05, 0) is 48.8 Å². The predicted octanol–water partition coefficient (Wildman–Crippen LogP) is 3.44. The Bertz CT molecular complexity index is 435. The smallest absolute Gasteiger partial charge is 0.165 e. The Labute approximate surface area is 108 Å². The molecule has 0 aliphatic heterocycles. The van der Waals surface area contributed by atoms with E-state index in [4.69, 9.17) is 10.5 Å². The Morgan fingerprint density at radius 1 is 1.39 bits per heavy atom. The summed E-state index contributed by atoms with van der Waals surface area (Å²) in [7, 11) is 1.47. The molecule has 0 bridgehead atoms. The Morgan fingerprint density at radius 2 is 2.11 bits per heavy atom. The largest absolute Gasteiger partial charge is 0.494 e. The van der Waals surface area contributed by atoms with Crippen LogP contribution in [0.5, 0.6) is 5.75 Å². The van der Waals surface area contributed by atoms with E-state index in [1.54, 1.807) is 6.07 Å². The highest BCUT2D eigenvalue weighted by Gasteiger charge is 2.38. The first-order chi connectivity index (χ1) is 8.47. The van der Waals surface area contributed by atoms with Gasteiger partial charge >= 0.3 is 0 Å². The van der Waals surface area contributed by atoms with Gasteiger partial charge in [0, 0.05) is 5.54 Å². The molecule has 2 N–H and O–H groups in total. The second-order valence-electron chi connectivity index (χ2n) is 5.67. The lowest BCUT2D eigenvalue weighted by atomic mass is 9.67. The van der Waals surface area contributed by atoms with Gasteiger partial charge in [-0.25, -0.2) is 4.39 Å². The van der Waals surface area contributed by atoms with E-state index in [0.29, 0.717) is 11.8 Å². The van der Waals surface area contributed by atoms with Gasteiger partial charge in [0.2, 0.25) is 0 Å². The average molecular weight is 251 g/mol. The quantitative estimate of drug-likeness (QED) is 0.873. The van der Waals surface area contributed by atoms with Gasteiger partial charge in [-0.3, -0.25) is 0 Å². The summed E-state index contributed by atoms with van der Waals surface area (Å²) in [6, 6.07) is 5.10. The number of nitrogens with two attached hydrogens (primary N) is 1. The third kappa shape index (κ3) is 2.24. The van der Waals surface area contributed by atoms with Crippen molar-refractivity contribution in [3.8, 4) is 5.75 Å². The molecule has 0 aromatic heterocycles. The molecule has 3 unspecified atom stereocenters. The summed E-state index contributed by atoms with van der Waals surface area (Å²) >= 11 is 0. The van der Waals surface area contributed by atoms with Gasteiger partial charge in [-0.2, -0.15) is 0 Å². The van der Waals surface area contributed by atoms with E-state index in [1.807, 2.05) is 6.07 Å². The molecule has 0 spiro atoms. The van der Waals surface area contributed by atoms with Crippen LogP contribution in [-0.2, 0) is 5.54 Å². The van der Waals surface area contributed by atoms with Crippen LogP contribution < -0.4 is 10.5 Å². The Morgan fingerprint density at radius 3 is 2.67 bits per heavy atom. The number of rotatable bonds is 2. The van der Waals surface area contributed by atoms with E-state index in [2.05, 4.69) is 13.8 Å². The summed E-state index contributed by atoms with van der Waals surface area (Å²) in [4.78, 5) is 0. The second kappa shape index (κ2) is 4.88. The zero-order valence-corrected chi connectivity index (χ0v) is 11.4. The first-order valence-electron chi connectivity index (χ1n) is 6.60. The van der Waals surface area contributed by atoms with Gasteiger partial charge in [0.05, 0.1) is 7.11 Å². The SMILES string of the molecule is COc1ccc(C2(N)CCC(C)CC2C)cc1F. The van der Waals surface area contributed by atoms with Crippen LogP contribution >= 0.6 is 0 Å². The van der Waals surface area contributed by atoms with E-state index in [0.717, 1.165) is 24.8 Å². The molecule has 1 aromatic rings. The maximum absolute atomic E-state index is 13.8. The van der Waals surface area contributed by atoms with Crippen molar-refractivity contribution in [2.45, 2.75) is 38.6 Å².